The smallest absolute Gasteiger partial charge is 0.254 e. The molecular weight excluding hydrogens is 481 g/mol. The molecule has 2 aliphatic rings. The summed E-state index contributed by atoms with van der Waals surface area (Å²) < 4.78 is 18.4. The van der Waals surface area contributed by atoms with Crippen LogP contribution in [0, 0.1) is 11.2 Å². The molecule has 1 amide bonds. The number of amides is 1. The highest BCUT2D eigenvalue weighted by atomic mass is 35.5. The number of likely N-dealkylation sites (tertiary alicyclic amines) is 1. The summed E-state index contributed by atoms with van der Waals surface area (Å²) in [7, 11) is 1.80. The van der Waals surface area contributed by atoms with Crippen molar-refractivity contribution < 1.29 is 14.3 Å². The number of halogens is 2. The molecule has 1 aromatic carbocycles. The van der Waals surface area contributed by atoms with Crippen molar-refractivity contribution in [1.82, 2.24) is 24.1 Å². The molecule has 1 saturated heterocycles. The van der Waals surface area contributed by atoms with Gasteiger partial charge in [-0.25, -0.2) is 9.37 Å². The van der Waals surface area contributed by atoms with E-state index in [0.717, 1.165) is 31.2 Å². The topological polar surface area (TPSA) is 75.7 Å². The van der Waals surface area contributed by atoms with Crippen LogP contribution in [0.1, 0.15) is 43.0 Å². The molecule has 3 aromatic heterocycles. The van der Waals surface area contributed by atoms with Gasteiger partial charge in [0.15, 0.2) is 0 Å². The first-order chi connectivity index (χ1) is 17.1. The molecule has 7 nitrogen and oxygen atoms in total. The lowest BCUT2D eigenvalue weighted by Gasteiger charge is -2.55. The molecule has 0 bridgehead atoms. The molecule has 0 atom stereocenters. The Hall–Kier alpha value is -3.23. The maximum Gasteiger partial charge on any atom is 0.254 e. The van der Waals surface area contributed by atoms with Crippen LogP contribution in [-0.4, -0.2) is 53.8 Å². The van der Waals surface area contributed by atoms with E-state index >= 15 is 4.39 Å². The molecule has 1 N–H and O–H groups in total. The third kappa shape index (κ3) is 3.79. The normalized spacial score (nSPS) is 18.5. The van der Waals surface area contributed by atoms with Crippen molar-refractivity contribution in [3.8, 4) is 22.4 Å². The Morgan fingerprint density at radius 2 is 1.94 bits per heavy atom. The molecule has 4 heterocycles. The van der Waals surface area contributed by atoms with Crippen LogP contribution in [-0.2, 0) is 7.05 Å². The van der Waals surface area contributed by atoms with Crippen molar-refractivity contribution >= 4 is 23.2 Å². The average Bonchev–Trinajstić information content (AvgIpc) is 3.40. The standard InChI is InChI=1S/C27H27ClFN5O2/c1-26(36)15-27(16-26)7-10-33(11-8-27)25(35)17-6-9-34-21(12-17)31-23(24(34)28)22-19(4-3-5-20(22)29)18-13-30-32(2)14-18/h3-6,9,12-14,36H,7-8,10-11,15-16H2,1-2H3. The fourth-order valence-electron chi connectivity index (χ4n) is 6.16. The maximum atomic E-state index is 15.1. The van der Waals surface area contributed by atoms with Crippen molar-refractivity contribution in [3.63, 3.8) is 0 Å². The van der Waals surface area contributed by atoms with Gasteiger partial charge in [-0.1, -0.05) is 23.7 Å². The summed E-state index contributed by atoms with van der Waals surface area (Å²) in [5.74, 6) is -0.490. The fraction of sp³-hybridized carbons (Fsp3) is 0.370. The molecule has 1 spiro atoms. The molecule has 9 heteroatoms. The van der Waals surface area contributed by atoms with Crippen LogP contribution in [0.15, 0.2) is 48.9 Å². The molecule has 2 fully saturated rings. The number of imidazole rings is 1. The summed E-state index contributed by atoms with van der Waals surface area (Å²) in [6, 6.07) is 8.29. The zero-order valence-corrected chi connectivity index (χ0v) is 21.0. The number of pyridine rings is 1. The molecular formula is C27H27ClFN5O2. The number of carbonyl (C=O) groups is 1. The van der Waals surface area contributed by atoms with Crippen molar-refractivity contribution in [1.29, 1.82) is 0 Å². The molecule has 1 saturated carbocycles. The summed E-state index contributed by atoms with van der Waals surface area (Å²) in [4.78, 5) is 19.8. The van der Waals surface area contributed by atoms with Gasteiger partial charge in [0.25, 0.3) is 5.91 Å². The predicted molar refractivity (Wildman–Crippen MR) is 135 cm³/mol. The highest BCUT2D eigenvalue weighted by Crippen LogP contribution is 2.54. The quantitative estimate of drug-likeness (QED) is 0.425. The largest absolute Gasteiger partial charge is 0.390 e. The minimum Gasteiger partial charge on any atom is -0.390 e. The van der Waals surface area contributed by atoms with E-state index in [0.29, 0.717) is 41.1 Å². The van der Waals surface area contributed by atoms with E-state index in [2.05, 4.69) is 10.1 Å². The van der Waals surface area contributed by atoms with Gasteiger partial charge in [0.2, 0.25) is 0 Å². The van der Waals surface area contributed by atoms with E-state index in [4.69, 9.17) is 11.6 Å². The number of aliphatic hydroxyl groups is 1. The Morgan fingerprint density at radius 3 is 2.61 bits per heavy atom. The van der Waals surface area contributed by atoms with Gasteiger partial charge >= 0.3 is 0 Å². The number of aryl methyl sites for hydroxylation is 1. The highest BCUT2D eigenvalue weighted by Gasteiger charge is 2.52. The Morgan fingerprint density at radius 1 is 1.19 bits per heavy atom. The molecule has 4 aromatic rings. The first-order valence-electron chi connectivity index (χ1n) is 12.1. The van der Waals surface area contributed by atoms with Crippen LogP contribution in [0.4, 0.5) is 4.39 Å². The summed E-state index contributed by atoms with van der Waals surface area (Å²) in [6.45, 7) is 3.23. The van der Waals surface area contributed by atoms with Crippen LogP contribution in [0.2, 0.25) is 5.15 Å². The van der Waals surface area contributed by atoms with Gasteiger partial charge in [-0.3, -0.25) is 13.9 Å². The molecule has 1 aliphatic carbocycles. The van der Waals surface area contributed by atoms with E-state index in [1.165, 1.54) is 6.07 Å². The van der Waals surface area contributed by atoms with Crippen molar-refractivity contribution in [2.45, 2.75) is 38.2 Å². The summed E-state index contributed by atoms with van der Waals surface area (Å²) in [5.41, 5.74) is 2.61. The number of carbonyl (C=O) groups excluding carboxylic acids is 1. The number of rotatable bonds is 3. The zero-order valence-electron chi connectivity index (χ0n) is 20.2. The van der Waals surface area contributed by atoms with E-state index in [9.17, 15) is 9.90 Å². The van der Waals surface area contributed by atoms with E-state index in [1.807, 2.05) is 24.1 Å². The number of nitrogens with zero attached hydrogens (tertiary/aromatic N) is 5. The second-order valence-electron chi connectivity index (χ2n) is 10.6. The lowest BCUT2D eigenvalue weighted by molar-refractivity contribution is -0.134. The predicted octanol–water partition coefficient (Wildman–Crippen LogP) is 4.96. The minimum atomic E-state index is -0.565. The van der Waals surface area contributed by atoms with Gasteiger partial charge < -0.3 is 10.0 Å². The third-order valence-corrected chi connectivity index (χ3v) is 8.07. The van der Waals surface area contributed by atoms with Gasteiger partial charge in [-0.15, -0.1) is 0 Å². The van der Waals surface area contributed by atoms with Crippen molar-refractivity contribution in [2.75, 3.05) is 13.1 Å². The zero-order chi connectivity index (χ0) is 25.2. The van der Waals surface area contributed by atoms with Crippen LogP contribution in [0.25, 0.3) is 28.0 Å². The second-order valence-corrected chi connectivity index (χ2v) is 11.0. The fourth-order valence-corrected chi connectivity index (χ4v) is 6.44. The first kappa shape index (κ1) is 23.2. The van der Waals surface area contributed by atoms with Gasteiger partial charge in [-0.2, -0.15) is 5.10 Å². The molecule has 36 heavy (non-hydrogen) atoms. The molecule has 186 valence electrons. The average molecular weight is 508 g/mol. The van der Waals surface area contributed by atoms with Crippen LogP contribution >= 0.6 is 11.6 Å². The van der Waals surface area contributed by atoms with Crippen molar-refractivity contribution in [2.24, 2.45) is 12.5 Å². The second kappa shape index (κ2) is 8.15. The van der Waals surface area contributed by atoms with Gasteiger partial charge in [0, 0.05) is 49.2 Å². The Bertz CT molecular complexity index is 1490. The highest BCUT2D eigenvalue weighted by molar-refractivity contribution is 6.32. The Kier molecular flexibility index (Phi) is 5.25. The van der Waals surface area contributed by atoms with Crippen molar-refractivity contribution in [3.05, 3.63) is 65.5 Å². The van der Waals surface area contributed by atoms with Crippen LogP contribution in [0.3, 0.4) is 0 Å². The van der Waals surface area contributed by atoms with Gasteiger partial charge in [0.05, 0.1) is 11.8 Å². The first-order valence-corrected chi connectivity index (χ1v) is 12.5. The number of fused-ring (bicyclic) bond motifs is 1. The number of aromatic nitrogens is 4. The van der Waals surface area contributed by atoms with E-state index in [-0.39, 0.29) is 16.5 Å². The Labute approximate surface area is 213 Å². The monoisotopic (exact) mass is 507 g/mol. The Balaban J connectivity index is 1.31. The molecule has 6 rings (SSSR count). The van der Waals surface area contributed by atoms with Crippen LogP contribution < -0.4 is 0 Å². The van der Waals surface area contributed by atoms with Gasteiger partial charge in [0.1, 0.15) is 22.3 Å². The number of piperidine rings is 1. The minimum absolute atomic E-state index is 0.0546. The van der Waals surface area contributed by atoms with Gasteiger partial charge in [-0.05, 0) is 61.8 Å². The summed E-state index contributed by atoms with van der Waals surface area (Å²) in [6.07, 6.45) is 8.61. The maximum absolute atomic E-state index is 15.1. The molecule has 1 aliphatic heterocycles. The van der Waals surface area contributed by atoms with E-state index in [1.54, 1.807) is 46.7 Å². The third-order valence-electron chi connectivity index (χ3n) is 7.70. The molecule has 0 radical (unpaired) electrons. The lowest BCUT2D eigenvalue weighted by Crippen LogP contribution is -2.55. The number of hydrogen-bond donors (Lipinski definition) is 1. The van der Waals surface area contributed by atoms with E-state index < -0.39 is 11.4 Å². The lowest BCUT2D eigenvalue weighted by atomic mass is 9.56. The molecule has 0 unspecified atom stereocenters. The summed E-state index contributed by atoms with van der Waals surface area (Å²) in [5, 5.41) is 14.6. The number of benzene rings is 1. The summed E-state index contributed by atoms with van der Waals surface area (Å²) >= 11 is 6.68. The van der Waals surface area contributed by atoms with Crippen LogP contribution in [0.5, 0.6) is 0 Å². The number of hydrogen-bond acceptors (Lipinski definition) is 4. The SMILES string of the molecule is Cn1cc(-c2cccc(F)c2-c2nc3cc(C(=O)N4CCC5(CC4)CC(C)(O)C5)ccn3c2Cl)cn1.